The van der Waals surface area contributed by atoms with Crippen LogP contribution >= 0.6 is 35.2 Å². The molecule has 0 saturated heterocycles. The Bertz CT molecular complexity index is 269. The Morgan fingerprint density at radius 2 is 1.57 bits per heavy atom. The molecule has 0 N–H and O–H groups in total. The third-order valence-corrected chi connectivity index (χ3v) is 2.03. The van der Waals surface area contributed by atoms with Crippen molar-refractivity contribution in [3.05, 3.63) is 0 Å². The van der Waals surface area contributed by atoms with Crippen LogP contribution < -0.4 is 0 Å². The van der Waals surface area contributed by atoms with Crippen molar-refractivity contribution in [3.63, 3.8) is 0 Å². The molecule has 0 aliphatic heterocycles. The Kier molecular flexibility index (Phi) is 5.18. The molecule has 5 nitrogen and oxygen atoms in total. The van der Waals surface area contributed by atoms with Crippen molar-refractivity contribution >= 4 is 53.0 Å². The van der Waals surface area contributed by atoms with Crippen LogP contribution in [0, 0.1) is 0 Å². The van der Waals surface area contributed by atoms with Crippen LogP contribution in [0.25, 0.3) is 0 Å². The average molecular weight is 261 g/mol. The number of hydrogen-bond donors (Lipinski definition) is 0. The van der Waals surface area contributed by atoms with E-state index in [0.717, 1.165) is 6.92 Å². The highest BCUT2D eigenvalue weighted by Crippen LogP contribution is 2.10. The Labute approximate surface area is 95.7 Å². The van der Waals surface area contributed by atoms with Crippen LogP contribution in [0.3, 0.4) is 0 Å². The van der Waals surface area contributed by atoms with Crippen LogP contribution in [-0.4, -0.2) is 32.1 Å². The summed E-state index contributed by atoms with van der Waals surface area (Å²) < 4.78 is 0.343. The third kappa shape index (κ3) is 3.32. The number of alkyl halides is 1. The summed E-state index contributed by atoms with van der Waals surface area (Å²) in [5.41, 5.74) is 0. The Morgan fingerprint density at radius 1 is 1.14 bits per heavy atom. The minimum absolute atomic E-state index is 0.159. The van der Waals surface area contributed by atoms with Crippen LogP contribution in [0.1, 0.15) is 13.8 Å². The largest absolute Gasteiger partial charge is 0.363 e. The fourth-order valence-corrected chi connectivity index (χ4v) is 0.946. The van der Waals surface area contributed by atoms with Crippen molar-refractivity contribution < 1.29 is 14.4 Å². The Hall–Kier alpha value is -0.520. The summed E-state index contributed by atoms with van der Waals surface area (Å²) in [5.74, 6) is -1.61. The van der Waals surface area contributed by atoms with Gasteiger partial charge in [0.2, 0.25) is 5.91 Å². The van der Waals surface area contributed by atoms with E-state index >= 15 is 0 Å². The van der Waals surface area contributed by atoms with E-state index in [2.05, 4.69) is 0 Å². The maximum absolute atomic E-state index is 11.1. The second-order valence-electron chi connectivity index (χ2n) is 2.32. The summed E-state index contributed by atoms with van der Waals surface area (Å²) in [6.07, 6.45) is 0. The Balaban J connectivity index is 4.55. The van der Waals surface area contributed by atoms with E-state index in [0.29, 0.717) is 0 Å². The van der Waals surface area contributed by atoms with Crippen LogP contribution in [-0.2, 0) is 9.59 Å². The molecule has 0 aliphatic rings. The monoisotopic (exact) mass is 260 g/mol. The molecule has 0 aromatic rings. The molecule has 0 radical (unpaired) electrons. The van der Waals surface area contributed by atoms with Gasteiger partial charge in [-0.25, -0.2) is 4.79 Å². The fraction of sp³-hybridized carbons (Fsp3) is 0.500. The van der Waals surface area contributed by atoms with Gasteiger partial charge in [-0.05, 0) is 6.92 Å². The predicted molar refractivity (Wildman–Crippen MR) is 51.8 cm³/mol. The van der Waals surface area contributed by atoms with Crippen molar-refractivity contribution in [2.24, 2.45) is 0 Å². The van der Waals surface area contributed by atoms with Gasteiger partial charge in [0.1, 0.15) is 5.38 Å². The lowest BCUT2D eigenvalue weighted by Crippen LogP contribution is -2.40. The van der Waals surface area contributed by atoms with Crippen molar-refractivity contribution in [2.45, 2.75) is 19.2 Å². The number of imide groups is 2. The maximum Gasteiger partial charge on any atom is 0.363 e. The van der Waals surface area contributed by atoms with E-state index in [4.69, 9.17) is 35.2 Å². The Morgan fingerprint density at radius 3 is 1.86 bits per heavy atom. The number of urea groups is 1. The summed E-state index contributed by atoms with van der Waals surface area (Å²) in [6.45, 7) is 2.38. The number of nitrogens with zero attached hydrogens (tertiary/aromatic N) is 2. The molecule has 0 rings (SSSR count). The SMILES string of the molecule is CC(=O)N(Cl)C(=O)N(Cl)C(=O)C(C)Cl. The molecule has 14 heavy (non-hydrogen) atoms. The molecule has 0 aromatic carbocycles. The summed E-state index contributed by atoms with van der Waals surface area (Å²) in [6, 6.07) is -1.15. The standard InChI is InChI=1S/C6H7Cl3N2O3/c1-3(7)5(13)11(9)6(14)10(8)4(2)12/h3H,1-2H3. The number of rotatable bonds is 1. The van der Waals surface area contributed by atoms with Gasteiger partial charge in [0, 0.05) is 30.5 Å². The molecule has 80 valence electrons. The van der Waals surface area contributed by atoms with E-state index in [1.165, 1.54) is 6.92 Å². The maximum atomic E-state index is 11.1. The molecule has 0 saturated carbocycles. The first-order valence-corrected chi connectivity index (χ1v) is 4.54. The first kappa shape index (κ1) is 13.5. The molecular weight excluding hydrogens is 254 g/mol. The number of hydrogen-bond acceptors (Lipinski definition) is 3. The van der Waals surface area contributed by atoms with Crippen LogP contribution in [0.15, 0.2) is 0 Å². The van der Waals surface area contributed by atoms with Gasteiger partial charge in [-0.15, -0.1) is 11.6 Å². The summed E-state index contributed by atoms with van der Waals surface area (Å²) in [7, 11) is 0. The van der Waals surface area contributed by atoms with Crippen molar-refractivity contribution in [2.75, 3.05) is 0 Å². The normalized spacial score (nSPS) is 11.8. The second-order valence-corrected chi connectivity index (χ2v) is 3.65. The number of carbonyl (C=O) groups excluding carboxylic acids is 3. The van der Waals surface area contributed by atoms with Crippen molar-refractivity contribution in [1.82, 2.24) is 8.84 Å². The summed E-state index contributed by atoms with van der Waals surface area (Å²) >= 11 is 15.9. The lowest BCUT2D eigenvalue weighted by atomic mass is 10.4. The van der Waals surface area contributed by atoms with Gasteiger partial charge in [0.05, 0.1) is 0 Å². The quantitative estimate of drug-likeness (QED) is 0.533. The highest BCUT2D eigenvalue weighted by atomic mass is 35.5. The molecular formula is C6H7Cl3N2O3. The molecule has 1 unspecified atom stereocenters. The van der Waals surface area contributed by atoms with Crippen LogP contribution in [0.2, 0.25) is 0 Å². The highest BCUT2D eigenvalue weighted by Gasteiger charge is 2.29. The topological polar surface area (TPSA) is 57.7 Å². The van der Waals surface area contributed by atoms with E-state index in [-0.39, 0.29) is 8.84 Å². The van der Waals surface area contributed by atoms with Gasteiger partial charge in [0.15, 0.2) is 0 Å². The first-order valence-electron chi connectivity index (χ1n) is 3.43. The van der Waals surface area contributed by atoms with Gasteiger partial charge in [-0.2, -0.15) is 8.84 Å². The predicted octanol–water partition coefficient (Wildman–Crippen LogP) is 1.72. The third-order valence-electron chi connectivity index (χ3n) is 1.15. The molecule has 8 heteroatoms. The zero-order chi connectivity index (χ0) is 11.5. The van der Waals surface area contributed by atoms with E-state index < -0.39 is 23.2 Å². The molecule has 0 aliphatic carbocycles. The van der Waals surface area contributed by atoms with Gasteiger partial charge in [-0.1, -0.05) is 0 Å². The molecule has 0 heterocycles. The van der Waals surface area contributed by atoms with E-state index in [1.54, 1.807) is 0 Å². The minimum atomic E-state index is -1.15. The fourth-order valence-electron chi connectivity index (χ4n) is 0.462. The van der Waals surface area contributed by atoms with Crippen LogP contribution in [0.5, 0.6) is 0 Å². The van der Waals surface area contributed by atoms with Crippen molar-refractivity contribution in [1.29, 1.82) is 0 Å². The van der Waals surface area contributed by atoms with E-state index in [1.807, 2.05) is 0 Å². The van der Waals surface area contributed by atoms with Gasteiger partial charge < -0.3 is 0 Å². The molecule has 0 bridgehead atoms. The van der Waals surface area contributed by atoms with Crippen LogP contribution in [0.4, 0.5) is 4.79 Å². The lowest BCUT2D eigenvalue weighted by molar-refractivity contribution is -0.125. The van der Waals surface area contributed by atoms with Gasteiger partial charge in [0.25, 0.3) is 5.91 Å². The number of amides is 4. The highest BCUT2D eigenvalue weighted by molar-refractivity contribution is 6.41. The molecule has 4 amide bonds. The summed E-state index contributed by atoms with van der Waals surface area (Å²) in [5, 5.41) is -0.978. The minimum Gasteiger partial charge on any atom is -0.273 e. The van der Waals surface area contributed by atoms with Gasteiger partial charge in [-0.3, -0.25) is 9.59 Å². The second kappa shape index (κ2) is 5.38. The molecule has 0 aromatic heterocycles. The smallest absolute Gasteiger partial charge is 0.273 e. The number of halogens is 3. The number of carbonyl (C=O) groups is 3. The van der Waals surface area contributed by atoms with Crippen molar-refractivity contribution in [3.8, 4) is 0 Å². The lowest BCUT2D eigenvalue weighted by Gasteiger charge is -2.16. The molecule has 0 spiro atoms. The zero-order valence-corrected chi connectivity index (χ0v) is 9.60. The molecule has 0 fully saturated rings. The average Bonchev–Trinajstić information content (AvgIpc) is 2.12. The summed E-state index contributed by atoms with van der Waals surface area (Å²) in [4.78, 5) is 32.8. The van der Waals surface area contributed by atoms with Gasteiger partial charge >= 0.3 is 6.03 Å². The molecule has 1 atom stereocenters. The first-order chi connectivity index (χ1) is 6.29. The van der Waals surface area contributed by atoms with E-state index in [9.17, 15) is 14.4 Å². The zero-order valence-electron chi connectivity index (χ0n) is 7.33.